The van der Waals surface area contributed by atoms with E-state index in [0.29, 0.717) is 19.1 Å². The van der Waals surface area contributed by atoms with Gasteiger partial charge in [0.1, 0.15) is 0 Å². The van der Waals surface area contributed by atoms with Gasteiger partial charge in [-0.05, 0) is 25.7 Å². The Labute approximate surface area is 149 Å². The molecule has 0 saturated heterocycles. The van der Waals surface area contributed by atoms with E-state index in [2.05, 4.69) is 32.6 Å². The normalized spacial score (nSPS) is 12.6. The van der Waals surface area contributed by atoms with Crippen molar-refractivity contribution in [3.63, 3.8) is 0 Å². The molecule has 0 radical (unpaired) electrons. The molecule has 4 nitrogen and oxygen atoms in total. The van der Waals surface area contributed by atoms with E-state index >= 15 is 0 Å². The molecular weight excluding hydrogens is 304 g/mol. The molecule has 0 fully saturated rings. The van der Waals surface area contributed by atoms with E-state index in [0.717, 1.165) is 19.4 Å². The first-order valence-corrected chi connectivity index (χ1v) is 9.46. The molecule has 0 aromatic heterocycles. The lowest BCUT2D eigenvalue weighted by atomic mass is 10.1. The van der Waals surface area contributed by atoms with Crippen molar-refractivity contribution >= 4 is 0 Å². The maximum Gasteiger partial charge on any atom is 0.0701 e. The second-order valence-corrected chi connectivity index (χ2v) is 6.04. The zero-order chi connectivity index (χ0) is 18.5. The van der Waals surface area contributed by atoms with Gasteiger partial charge < -0.3 is 19.7 Å². The van der Waals surface area contributed by atoms with Crippen molar-refractivity contribution in [2.45, 2.75) is 78.7 Å². The Morgan fingerprint density at radius 3 is 2.12 bits per heavy atom. The molecule has 0 aliphatic carbocycles. The number of rotatable bonds is 14. The summed E-state index contributed by atoms with van der Waals surface area (Å²) < 4.78 is 10.6. The van der Waals surface area contributed by atoms with E-state index in [1.807, 2.05) is 6.92 Å². The van der Waals surface area contributed by atoms with Gasteiger partial charge in [-0.1, -0.05) is 46.5 Å². The van der Waals surface area contributed by atoms with Crippen molar-refractivity contribution in [1.29, 1.82) is 0 Å². The molecule has 4 heteroatoms. The minimum Gasteiger partial charge on any atom is -0.394 e. The third-order valence-electron chi connectivity index (χ3n) is 3.52. The van der Waals surface area contributed by atoms with Gasteiger partial charge >= 0.3 is 0 Å². The van der Waals surface area contributed by atoms with Crippen molar-refractivity contribution in [2.75, 3.05) is 33.0 Å². The molecule has 0 saturated carbocycles. The lowest BCUT2D eigenvalue weighted by molar-refractivity contribution is 0.0259. The molecule has 0 aromatic carbocycles. The standard InChI is InChI=1S/C11H20O2.C9H20O2/c1-3-5-7-11(8-6-4-2)13-10-9-12;1-3-4-5-9(2)8-11-7-6-10/h11-12H,3,5,7-10H2,1-2H3;9-10H,3-8H2,1-2H3. The fourth-order valence-corrected chi connectivity index (χ4v) is 2.10. The molecule has 2 unspecified atom stereocenters. The quantitative estimate of drug-likeness (QED) is 0.372. The zero-order valence-electron chi connectivity index (χ0n) is 16.4. The van der Waals surface area contributed by atoms with Gasteiger partial charge in [-0.2, -0.15) is 0 Å². The van der Waals surface area contributed by atoms with Crippen molar-refractivity contribution < 1.29 is 19.7 Å². The predicted octanol–water partition coefficient (Wildman–Crippen LogP) is 3.79. The Morgan fingerprint density at radius 2 is 1.58 bits per heavy atom. The Kier molecular flexibility index (Phi) is 23.9. The van der Waals surface area contributed by atoms with Crippen LogP contribution >= 0.6 is 0 Å². The van der Waals surface area contributed by atoms with Crippen LogP contribution in [0.5, 0.6) is 0 Å². The van der Waals surface area contributed by atoms with Crippen LogP contribution in [0.25, 0.3) is 0 Å². The Morgan fingerprint density at radius 1 is 0.958 bits per heavy atom. The first kappa shape index (κ1) is 25.6. The predicted molar refractivity (Wildman–Crippen MR) is 101 cm³/mol. The molecule has 0 heterocycles. The third kappa shape index (κ3) is 21.4. The van der Waals surface area contributed by atoms with Crippen molar-refractivity contribution in [2.24, 2.45) is 5.92 Å². The Balaban J connectivity index is 0. The fraction of sp³-hybridized carbons (Fsp3) is 0.900. The highest BCUT2D eigenvalue weighted by atomic mass is 16.5. The number of aliphatic hydroxyl groups is 2. The summed E-state index contributed by atoms with van der Waals surface area (Å²) in [4.78, 5) is 0. The van der Waals surface area contributed by atoms with Gasteiger partial charge in [-0.15, -0.1) is 11.8 Å². The molecule has 2 atom stereocenters. The van der Waals surface area contributed by atoms with Crippen LogP contribution in [-0.4, -0.2) is 49.4 Å². The third-order valence-corrected chi connectivity index (χ3v) is 3.52. The summed E-state index contributed by atoms with van der Waals surface area (Å²) in [5.41, 5.74) is 0. The van der Waals surface area contributed by atoms with Crippen LogP contribution in [0.1, 0.15) is 72.6 Å². The summed E-state index contributed by atoms with van der Waals surface area (Å²) in [7, 11) is 0. The Bertz CT molecular complexity index is 275. The van der Waals surface area contributed by atoms with Gasteiger partial charge in [-0.3, -0.25) is 0 Å². The van der Waals surface area contributed by atoms with Crippen LogP contribution in [0.3, 0.4) is 0 Å². The highest BCUT2D eigenvalue weighted by Gasteiger charge is 2.05. The molecule has 0 spiro atoms. The lowest BCUT2D eigenvalue weighted by Crippen LogP contribution is -2.14. The molecule has 0 amide bonds. The number of hydrogen-bond donors (Lipinski definition) is 2. The number of hydrogen-bond acceptors (Lipinski definition) is 4. The summed E-state index contributed by atoms with van der Waals surface area (Å²) in [5, 5.41) is 17.0. The highest BCUT2D eigenvalue weighted by Crippen LogP contribution is 2.08. The van der Waals surface area contributed by atoms with Crippen LogP contribution in [0.15, 0.2) is 0 Å². The van der Waals surface area contributed by atoms with Gasteiger partial charge in [0.15, 0.2) is 0 Å². The van der Waals surface area contributed by atoms with Crippen LogP contribution in [0.4, 0.5) is 0 Å². The van der Waals surface area contributed by atoms with Crippen LogP contribution in [-0.2, 0) is 9.47 Å². The largest absolute Gasteiger partial charge is 0.394 e. The number of aliphatic hydroxyl groups excluding tert-OH is 2. The summed E-state index contributed by atoms with van der Waals surface area (Å²) in [6.45, 7) is 10.3. The van der Waals surface area contributed by atoms with Gasteiger partial charge in [0.25, 0.3) is 0 Å². The van der Waals surface area contributed by atoms with Gasteiger partial charge in [0.05, 0.1) is 32.5 Å². The molecule has 144 valence electrons. The van der Waals surface area contributed by atoms with Crippen LogP contribution in [0, 0.1) is 17.8 Å². The first-order valence-electron chi connectivity index (χ1n) is 9.46. The second kappa shape index (κ2) is 22.4. The molecule has 0 aliphatic rings. The van der Waals surface area contributed by atoms with Crippen molar-refractivity contribution in [3.05, 3.63) is 0 Å². The SMILES string of the molecule is CC#CCC(CCCC)OCCO.CCCCC(C)COCCO. The highest BCUT2D eigenvalue weighted by molar-refractivity contribution is 4.96. The van der Waals surface area contributed by atoms with E-state index in [1.54, 1.807) is 0 Å². The number of unbranched alkanes of at least 4 members (excludes halogenated alkanes) is 2. The molecule has 24 heavy (non-hydrogen) atoms. The van der Waals surface area contributed by atoms with Crippen LogP contribution < -0.4 is 0 Å². The zero-order valence-corrected chi connectivity index (χ0v) is 16.4. The summed E-state index contributed by atoms with van der Waals surface area (Å²) in [5.74, 6) is 6.51. The summed E-state index contributed by atoms with van der Waals surface area (Å²) >= 11 is 0. The second-order valence-electron chi connectivity index (χ2n) is 6.04. The van der Waals surface area contributed by atoms with E-state index < -0.39 is 0 Å². The molecular formula is C20H40O4. The minimum absolute atomic E-state index is 0.0994. The van der Waals surface area contributed by atoms with Gasteiger partial charge in [0.2, 0.25) is 0 Å². The van der Waals surface area contributed by atoms with Gasteiger partial charge in [0, 0.05) is 13.0 Å². The van der Waals surface area contributed by atoms with Crippen LogP contribution in [0.2, 0.25) is 0 Å². The molecule has 0 rings (SSSR count). The average molecular weight is 345 g/mol. The molecule has 2 N–H and O–H groups in total. The fourth-order valence-electron chi connectivity index (χ4n) is 2.10. The average Bonchev–Trinajstić information content (AvgIpc) is 2.60. The van der Waals surface area contributed by atoms with Crippen molar-refractivity contribution in [3.8, 4) is 11.8 Å². The Hall–Kier alpha value is -0.600. The van der Waals surface area contributed by atoms with E-state index in [9.17, 15) is 0 Å². The monoisotopic (exact) mass is 344 g/mol. The molecule has 0 bridgehead atoms. The lowest BCUT2D eigenvalue weighted by Gasteiger charge is -2.13. The summed E-state index contributed by atoms with van der Waals surface area (Å²) in [6, 6.07) is 0. The van der Waals surface area contributed by atoms with E-state index in [4.69, 9.17) is 19.7 Å². The molecule has 0 aromatic rings. The van der Waals surface area contributed by atoms with E-state index in [-0.39, 0.29) is 19.3 Å². The maximum atomic E-state index is 8.60. The van der Waals surface area contributed by atoms with Crippen molar-refractivity contribution in [1.82, 2.24) is 0 Å². The van der Waals surface area contributed by atoms with E-state index in [1.165, 1.54) is 32.1 Å². The summed E-state index contributed by atoms with van der Waals surface area (Å²) in [6.07, 6.45) is 8.16. The molecule has 0 aliphatic heterocycles. The first-order chi connectivity index (χ1) is 11.7. The topological polar surface area (TPSA) is 58.9 Å². The minimum atomic E-state index is 0.0994. The number of ether oxygens (including phenoxy) is 2. The van der Waals surface area contributed by atoms with Gasteiger partial charge in [-0.25, -0.2) is 0 Å². The smallest absolute Gasteiger partial charge is 0.0701 e. The maximum absolute atomic E-state index is 8.60.